The summed E-state index contributed by atoms with van der Waals surface area (Å²) in [6.45, 7) is 5.90. The SMILES string of the molecule is Cc1cc(C)c2nc(-n3nc(C)cc3NC(=O)c3ccccc3F)sc2c1. The van der Waals surface area contributed by atoms with E-state index in [2.05, 4.69) is 27.5 Å². The Balaban J connectivity index is 1.75. The number of nitrogens with one attached hydrogen (secondary N) is 1. The maximum Gasteiger partial charge on any atom is 0.259 e. The molecule has 2 heterocycles. The van der Waals surface area contributed by atoms with Gasteiger partial charge in [0.05, 0.1) is 21.5 Å². The van der Waals surface area contributed by atoms with E-state index in [1.807, 2.05) is 20.8 Å². The van der Waals surface area contributed by atoms with Crippen LogP contribution in [0.5, 0.6) is 0 Å². The van der Waals surface area contributed by atoms with Gasteiger partial charge in [0.25, 0.3) is 5.91 Å². The van der Waals surface area contributed by atoms with Gasteiger partial charge in [-0.15, -0.1) is 0 Å². The minimum absolute atomic E-state index is 0.0151. The van der Waals surface area contributed by atoms with Crippen molar-refractivity contribution in [2.24, 2.45) is 0 Å². The van der Waals surface area contributed by atoms with Crippen molar-refractivity contribution in [3.8, 4) is 5.13 Å². The second-order valence-corrected chi connectivity index (χ2v) is 7.45. The molecule has 0 saturated carbocycles. The van der Waals surface area contributed by atoms with Crippen molar-refractivity contribution in [1.29, 1.82) is 0 Å². The Morgan fingerprint density at radius 1 is 1.15 bits per heavy atom. The summed E-state index contributed by atoms with van der Waals surface area (Å²) >= 11 is 1.50. The van der Waals surface area contributed by atoms with Crippen molar-refractivity contribution in [2.75, 3.05) is 5.32 Å². The van der Waals surface area contributed by atoms with Gasteiger partial charge in [-0.05, 0) is 50.1 Å². The summed E-state index contributed by atoms with van der Waals surface area (Å²) in [5.41, 5.74) is 3.89. The molecule has 1 N–H and O–H groups in total. The molecule has 4 aromatic rings. The Hall–Kier alpha value is -3.06. The average molecular weight is 380 g/mol. The quantitative estimate of drug-likeness (QED) is 0.555. The lowest BCUT2D eigenvalue weighted by Crippen LogP contribution is -2.16. The molecule has 0 aliphatic rings. The van der Waals surface area contributed by atoms with Gasteiger partial charge in [-0.2, -0.15) is 9.78 Å². The van der Waals surface area contributed by atoms with E-state index in [9.17, 15) is 9.18 Å². The molecule has 1 amide bonds. The highest BCUT2D eigenvalue weighted by Gasteiger charge is 2.17. The largest absolute Gasteiger partial charge is 0.306 e. The Morgan fingerprint density at radius 3 is 2.70 bits per heavy atom. The van der Waals surface area contributed by atoms with Crippen LogP contribution in [0.15, 0.2) is 42.5 Å². The molecule has 0 fully saturated rings. The molecule has 0 spiro atoms. The number of fused-ring (bicyclic) bond motifs is 1. The van der Waals surface area contributed by atoms with E-state index >= 15 is 0 Å². The normalized spacial score (nSPS) is 11.1. The number of benzene rings is 2. The molecule has 27 heavy (non-hydrogen) atoms. The third-order valence-corrected chi connectivity index (χ3v) is 5.17. The maximum atomic E-state index is 13.9. The van der Waals surface area contributed by atoms with Crippen LogP contribution < -0.4 is 5.32 Å². The number of amides is 1. The van der Waals surface area contributed by atoms with E-state index in [1.54, 1.807) is 22.9 Å². The smallest absolute Gasteiger partial charge is 0.259 e. The van der Waals surface area contributed by atoms with E-state index in [0.29, 0.717) is 10.9 Å². The van der Waals surface area contributed by atoms with Gasteiger partial charge in [0.2, 0.25) is 5.13 Å². The standard InChI is InChI=1S/C20H17FN4OS/c1-11-8-12(2)18-16(9-11)27-20(23-18)25-17(10-13(3)24-25)22-19(26)14-6-4-5-7-15(14)21/h4-10H,1-3H3,(H,22,26). The van der Waals surface area contributed by atoms with Crippen molar-refractivity contribution in [2.45, 2.75) is 20.8 Å². The van der Waals surface area contributed by atoms with E-state index in [4.69, 9.17) is 0 Å². The van der Waals surface area contributed by atoms with Crippen LogP contribution in [0.25, 0.3) is 15.3 Å². The number of hydrogen-bond donors (Lipinski definition) is 1. The molecule has 0 atom stereocenters. The van der Waals surface area contributed by atoms with Crippen LogP contribution in [0.3, 0.4) is 0 Å². The first-order valence-corrected chi connectivity index (χ1v) is 9.25. The number of carbonyl (C=O) groups is 1. The molecule has 7 heteroatoms. The molecule has 0 unspecified atom stereocenters. The van der Waals surface area contributed by atoms with Crippen LogP contribution in [0.1, 0.15) is 27.2 Å². The highest BCUT2D eigenvalue weighted by molar-refractivity contribution is 7.20. The molecule has 136 valence electrons. The van der Waals surface area contributed by atoms with Crippen molar-refractivity contribution >= 4 is 33.3 Å². The highest BCUT2D eigenvalue weighted by Crippen LogP contribution is 2.30. The summed E-state index contributed by atoms with van der Waals surface area (Å²) < 4.78 is 16.5. The van der Waals surface area contributed by atoms with Crippen molar-refractivity contribution in [3.63, 3.8) is 0 Å². The van der Waals surface area contributed by atoms with Gasteiger partial charge in [0, 0.05) is 6.07 Å². The summed E-state index contributed by atoms with van der Waals surface area (Å²) in [5, 5.41) is 7.85. The number of thiazole rings is 1. The number of nitrogens with zero attached hydrogens (tertiary/aromatic N) is 3. The zero-order valence-electron chi connectivity index (χ0n) is 15.1. The molecule has 0 aliphatic carbocycles. The van der Waals surface area contributed by atoms with Gasteiger partial charge in [0.15, 0.2) is 0 Å². The monoisotopic (exact) mass is 380 g/mol. The first-order valence-electron chi connectivity index (χ1n) is 8.43. The van der Waals surface area contributed by atoms with Crippen molar-refractivity contribution in [1.82, 2.24) is 14.8 Å². The number of rotatable bonds is 3. The van der Waals surface area contributed by atoms with Gasteiger partial charge >= 0.3 is 0 Å². The summed E-state index contributed by atoms with van der Waals surface area (Å²) in [6, 6.07) is 11.8. The van der Waals surface area contributed by atoms with E-state index in [-0.39, 0.29) is 5.56 Å². The lowest BCUT2D eigenvalue weighted by Gasteiger charge is -2.07. The van der Waals surface area contributed by atoms with E-state index < -0.39 is 11.7 Å². The minimum atomic E-state index is -0.566. The maximum absolute atomic E-state index is 13.9. The minimum Gasteiger partial charge on any atom is -0.306 e. The average Bonchev–Trinajstić information content (AvgIpc) is 3.18. The fourth-order valence-electron chi connectivity index (χ4n) is 3.01. The molecule has 0 radical (unpaired) electrons. The fraction of sp³-hybridized carbons (Fsp3) is 0.150. The predicted octanol–water partition coefficient (Wildman–Crippen LogP) is 4.80. The molecule has 0 saturated heterocycles. The first-order chi connectivity index (χ1) is 12.9. The van der Waals surface area contributed by atoms with E-state index in [1.165, 1.54) is 29.0 Å². The van der Waals surface area contributed by atoms with E-state index in [0.717, 1.165) is 21.5 Å². The predicted molar refractivity (Wildman–Crippen MR) is 105 cm³/mol. The van der Waals surface area contributed by atoms with Crippen LogP contribution in [-0.4, -0.2) is 20.7 Å². The zero-order valence-corrected chi connectivity index (χ0v) is 15.9. The second-order valence-electron chi connectivity index (χ2n) is 6.44. The summed E-state index contributed by atoms with van der Waals surface area (Å²) in [6.07, 6.45) is 0. The number of halogens is 1. The Bertz CT molecular complexity index is 1180. The molecular weight excluding hydrogens is 363 g/mol. The van der Waals surface area contributed by atoms with Crippen LogP contribution in [-0.2, 0) is 0 Å². The van der Waals surface area contributed by atoms with Crippen molar-refractivity contribution in [3.05, 3.63) is 70.7 Å². The third kappa shape index (κ3) is 3.21. The van der Waals surface area contributed by atoms with Gasteiger partial charge in [-0.1, -0.05) is 29.5 Å². The molecular formula is C20H17FN4OS. The second kappa shape index (κ2) is 6.59. The number of anilines is 1. The van der Waals surface area contributed by atoms with Gasteiger partial charge in [-0.25, -0.2) is 9.37 Å². The summed E-state index contributed by atoms with van der Waals surface area (Å²) in [7, 11) is 0. The molecule has 0 aliphatic heterocycles. The lowest BCUT2D eigenvalue weighted by atomic mass is 10.1. The van der Waals surface area contributed by atoms with Crippen LogP contribution >= 0.6 is 11.3 Å². The summed E-state index contributed by atoms with van der Waals surface area (Å²) in [4.78, 5) is 17.2. The number of hydrogen-bond acceptors (Lipinski definition) is 4. The highest BCUT2D eigenvalue weighted by atomic mass is 32.1. The van der Waals surface area contributed by atoms with Crippen LogP contribution in [0, 0.1) is 26.6 Å². The van der Waals surface area contributed by atoms with Gasteiger partial charge in [0.1, 0.15) is 11.6 Å². The van der Waals surface area contributed by atoms with Gasteiger partial charge < -0.3 is 5.32 Å². The first kappa shape index (κ1) is 17.4. The fourth-order valence-corrected chi connectivity index (χ4v) is 4.12. The Labute approximate surface area is 159 Å². The lowest BCUT2D eigenvalue weighted by molar-refractivity contribution is 0.102. The summed E-state index contributed by atoms with van der Waals surface area (Å²) in [5.74, 6) is -0.638. The number of carbonyl (C=O) groups excluding carboxylic acids is 1. The van der Waals surface area contributed by atoms with Gasteiger partial charge in [-0.3, -0.25) is 4.79 Å². The molecule has 4 rings (SSSR count). The third-order valence-electron chi connectivity index (χ3n) is 4.19. The molecule has 5 nitrogen and oxygen atoms in total. The molecule has 0 bridgehead atoms. The molecule has 2 aromatic heterocycles. The van der Waals surface area contributed by atoms with Crippen LogP contribution in [0.2, 0.25) is 0 Å². The molecule has 2 aromatic carbocycles. The number of aromatic nitrogens is 3. The van der Waals surface area contributed by atoms with Crippen LogP contribution in [0.4, 0.5) is 10.2 Å². The number of aryl methyl sites for hydroxylation is 3. The van der Waals surface area contributed by atoms with Crippen molar-refractivity contribution < 1.29 is 9.18 Å². The Kier molecular flexibility index (Phi) is 4.24. The zero-order chi connectivity index (χ0) is 19.1. The topological polar surface area (TPSA) is 59.8 Å². The Morgan fingerprint density at radius 2 is 1.93 bits per heavy atom.